The van der Waals surface area contributed by atoms with Crippen molar-refractivity contribution in [2.75, 3.05) is 16.4 Å². The summed E-state index contributed by atoms with van der Waals surface area (Å²) in [5.74, 6) is 0.0911. The lowest BCUT2D eigenvalue weighted by atomic mass is 10.1. The van der Waals surface area contributed by atoms with Gasteiger partial charge in [0.05, 0.1) is 5.75 Å². The third-order valence-corrected chi connectivity index (χ3v) is 6.63. The Morgan fingerprint density at radius 2 is 1.66 bits per heavy atom. The van der Waals surface area contributed by atoms with Gasteiger partial charge >= 0.3 is 0 Å². The summed E-state index contributed by atoms with van der Waals surface area (Å²) < 4.78 is 5.84. The predicted molar refractivity (Wildman–Crippen MR) is 152 cm³/mol. The summed E-state index contributed by atoms with van der Waals surface area (Å²) in [5.41, 5.74) is 1.82. The standard InChI is InChI=1S/C28H23BrN4O4S/c1-18-15-25(33-37-18)32-26(34)17-38-23-13-11-22(12-14-23)30-28(36)24(16-19-7-9-21(29)10-8-19)31-27(35)20-5-3-2-4-6-20/h2-16H,17H2,1H3,(H,30,36)(H,31,35)(H,32,33,34)/b24-16-. The Bertz CT molecular complexity index is 1450. The zero-order chi connectivity index (χ0) is 26.9. The van der Waals surface area contributed by atoms with E-state index in [0.717, 1.165) is 14.9 Å². The summed E-state index contributed by atoms with van der Waals surface area (Å²) in [7, 11) is 0. The van der Waals surface area contributed by atoms with Gasteiger partial charge in [-0.25, -0.2) is 0 Å². The van der Waals surface area contributed by atoms with E-state index in [-0.39, 0.29) is 17.4 Å². The highest BCUT2D eigenvalue weighted by Crippen LogP contribution is 2.21. The number of anilines is 2. The lowest BCUT2D eigenvalue weighted by Crippen LogP contribution is -2.30. The van der Waals surface area contributed by atoms with Crippen LogP contribution in [0.2, 0.25) is 0 Å². The second-order valence-electron chi connectivity index (χ2n) is 8.07. The lowest BCUT2D eigenvalue weighted by molar-refractivity contribution is -0.114. The molecule has 0 atom stereocenters. The van der Waals surface area contributed by atoms with Gasteiger partial charge < -0.3 is 20.5 Å². The van der Waals surface area contributed by atoms with Crippen molar-refractivity contribution in [1.82, 2.24) is 10.5 Å². The van der Waals surface area contributed by atoms with Gasteiger partial charge in [0.1, 0.15) is 11.5 Å². The number of nitrogens with zero attached hydrogens (tertiary/aromatic N) is 1. The summed E-state index contributed by atoms with van der Waals surface area (Å²) in [6.07, 6.45) is 1.61. The number of benzene rings is 3. The third kappa shape index (κ3) is 7.92. The number of rotatable bonds is 9. The van der Waals surface area contributed by atoms with E-state index in [0.29, 0.717) is 22.8 Å². The monoisotopic (exact) mass is 590 g/mol. The third-order valence-electron chi connectivity index (χ3n) is 5.09. The number of aryl methyl sites for hydroxylation is 1. The molecule has 3 N–H and O–H groups in total. The lowest BCUT2D eigenvalue weighted by Gasteiger charge is -2.12. The molecule has 8 nitrogen and oxygen atoms in total. The molecule has 0 radical (unpaired) electrons. The minimum absolute atomic E-state index is 0.0967. The van der Waals surface area contributed by atoms with E-state index in [1.165, 1.54) is 11.8 Å². The fourth-order valence-corrected chi connectivity index (χ4v) is 4.22. The maximum Gasteiger partial charge on any atom is 0.272 e. The van der Waals surface area contributed by atoms with Crippen molar-refractivity contribution in [2.45, 2.75) is 11.8 Å². The first-order valence-corrected chi connectivity index (χ1v) is 13.2. The van der Waals surface area contributed by atoms with E-state index in [1.54, 1.807) is 67.6 Å². The molecular weight excluding hydrogens is 568 g/mol. The smallest absolute Gasteiger partial charge is 0.272 e. The Balaban J connectivity index is 1.40. The van der Waals surface area contributed by atoms with Gasteiger partial charge in [-0.2, -0.15) is 0 Å². The van der Waals surface area contributed by atoms with Gasteiger partial charge in [0, 0.05) is 26.7 Å². The van der Waals surface area contributed by atoms with Gasteiger partial charge in [0.15, 0.2) is 5.82 Å². The van der Waals surface area contributed by atoms with Crippen LogP contribution in [-0.4, -0.2) is 28.6 Å². The molecule has 3 amide bonds. The summed E-state index contributed by atoms with van der Waals surface area (Å²) in [4.78, 5) is 38.9. The van der Waals surface area contributed by atoms with Crippen molar-refractivity contribution in [1.29, 1.82) is 0 Å². The van der Waals surface area contributed by atoms with Crippen molar-refractivity contribution < 1.29 is 18.9 Å². The molecule has 1 heterocycles. The Labute approximate surface area is 232 Å². The molecule has 38 heavy (non-hydrogen) atoms. The maximum absolute atomic E-state index is 13.2. The average molecular weight is 591 g/mol. The molecule has 1 aromatic heterocycles. The number of hydrogen-bond acceptors (Lipinski definition) is 6. The molecule has 0 aliphatic carbocycles. The predicted octanol–water partition coefficient (Wildman–Crippen LogP) is 5.89. The van der Waals surface area contributed by atoms with Gasteiger partial charge in [-0.15, -0.1) is 11.8 Å². The summed E-state index contributed by atoms with van der Waals surface area (Å²) >= 11 is 4.74. The van der Waals surface area contributed by atoms with Gasteiger partial charge in [-0.3, -0.25) is 14.4 Å². The zero-order valence-corrected chi connectivity index (χ0v) is 22.6. The first-order chi connectivity index (χ1) is 18.4. The summed E-state index contributed by atoms with van der Waals surface area (Å²) in [5, 5.41) is 11.9. The normalized spacial score (nSPS) is 11.1. The molecule has 0 spiro atoms. The van der Waals surface area contributed by atoms with E-state index >= 15 is 0 Å². The van der Waals surface area contributed by atoms with Crippen LogP contribution < -0.4 is 16.0 Å². The van der Waals surface area contributed by atoms with Crippen LogP contribution in [0.25, 0.3) is 6.08 Å². The number of halogens is 1. The van der Waals surface area contributed by atoms with Crippen LogP contribution in [0.1, 0.15) is 21.7 Å². The van der Waals surface area contributed by atoms with E-state index < -0.39 is 11.8 Å². The molecule has 0 fully saturated rings. The summed E-state index contributed by atoms with van der Waals surface area (Å²) in [6.45, 7) is 1.74. The highest BCUT2D eigenvalue weighted by atomic mass is 79.9. The quantitative estimate of drug-likeness (QED) is 0.165. The second-order valence-corrected chi connectivity index (χ2v) is 10.0. The van der Waals surface area contributed by atoms with Gasteiger partial charge in [-0.1, -0.05) is 51.4 Å². The fraction of sp³-hybridized carbons (Fsp3) is 0.0714. The van der Waals surface area contributed by atoms with Gasteiger partial charge in [0.2, 0.25) is 5.91 Å². The topological polar surface area (TPSA) is 113 Å². The maximum atomic E-state index is 13.2. The van der Waals surface area contributed by atoms with Crippen LogP contribution >= 0.6 is 27.7 Å². The highest BCUT2D eigenvalue weighted by Gasteiger charge is 2.15. The number of carbonyl (C=O) groups excluding carboxylic acids is 3. The Morgan fingerprint density at radius 1 is 0.947 bits per heavy atom. The molecule has 4 aromatic rings. The Hall–Kier alpha value is -4.15. The van der Waals surface area contributed by atoms with Crippen LogP contribution in [0.3, 0.4) is 0 Å². The SMILES string of the molecule is Cc1cc(NC(=O)CSc2ccc(NC(=O)/C(=C/c3ccc(Br)cc3)NC(=O)c3ccccc3)cc2)no1. The number of carbonyl (C=O) groups is 3. The minimum Gasteiger partial charge on any atom is -0.360 e. The molecule has 192 valence electrons. The molecule has 0 saturated carbocycles. The molecule has 0 unspecified atom stereocenters. The van der Waals surface area contributed by atoms with E-state index in [9.17, 15) is 14.4 Å². The fourth-order valence-electron chi connectivity index (χ4n) is 3.25. The average Bonchev–Trinajstić information content (AvgIpc) is 3.33. The molecule has 0 aliphatic rings. The molecule has 4 rings (SSSR count). The molecule has 10 heteroatoms. The molecule has 3 aromatic carbocycles. The van der Waals surface area contributed by atoms with Crippen LogP contribution in [0.4, 0.5) is 11.5 Å². The second kappa shape index (κ2) is 12.9. The molecular formula is C28H23BrN4O4S. The molecule has 0 bridgehead atoms. The van der Waals surface area contributed by atoms with Crippen LogP contribution in [0.15, 0.2) is 105 Å². The van der Waals surface area contributed by atoms with Crippen LogP contribution in [0, 0.1) is 6.92 Å². The Kier molecular flexibility index (Phi) is 9.12. The number of hydrogen-bond donors (Lipinski definition) is 3. The van der Waals surface area contributed by atoms with E-state index in [4.69, 9.17) is 4.52 Å². The minimum atomic E-state index is -0.472. The zero-order valence-electron chi connectivity index (χ0n) is 20.2. The highest BCUT2D eigenvalue weighted by molar-refractivity contribution is 9.10. The number of amides is 3. The molecule has 0 aliphatic heterocycles. The number of nitrogens with one attached hydrogen (secondary N) is 3. The van der Waals surface area contributed by atoms with Crippen molar-refractivity contribution in [2.24, 2.45) is 0 Å². The first kappa shape index (κ1) is 26.9. The first-order valence-electron chi connectivity index (χ1n) is 11.5. The van der Waals surface area contributed by atoms with Crippen LogP contribution in [-0.2, 0) is 9.59 Å². The van der Waals surface area contributed by atoms with Crippen molar-refractivity contribution >= 4 is 63.0 Å². The van der Waals surface area contributed by atoms with Crippen LogP contribution in [0.5, 0.6) is 0 Å². The van der Waals surface area contributed by atoms with Gasteiger partial charge in [-0.05, 0) is 67.1 Å². The van der Waals surface area contributed by atoms with Crippen molar-refractivity contribution in [3.8, 4) is 0 Å². The Morgan fingerprint density at radius 3 is 2.32 bits per heavy atom. The van der Waals surface area contributed by atoms with Crippen molar-refractivity contribution in [3.05, 3.63) is 112 Å². The van der Waals surface area contributed by atoms with E-state index in [2.05, 4.69) is 37.0 Å². The number of aromatic nitrogens is 1. The molecule has 0 saturated heterocycles. The largest absolute Gasteiger partial charge is 0.360 e. The van der Waals surface area contributed by atoms with Crippen molar-refractivity contribution in [3.63, 3.8) is 0 Å². The summed E-state index contributed by atoms with van der Waals surface area (Å²) in [6, 6.07) is 24.7. The van der Waals surface area contributed by atoms with Gasteiger partial charge in [0.25, 0.3) is 11.8 Å². The number of thioether (sulfide) groups is 1. The van der Waals surface area contributed by atoms with E-state index in [1.807, 2.05) is 30.3 Å².